The summed E-state index contributed by atoms with van der Waals surface area (Å²) in [5.74, 6) is 0.605. The summed E-state index contributed by atoms with van der Waals surface area (Å²) < 4.78 is 3.81. The van der Waals surface area contributed by atoms with E-state index in [4.69, 9.17) is 0 Å². The van der Waals surface area contributed by atoms with Crippen molar-refractivity contribution in [3.8, 4) is 0 Å². The zero-order valence-corrected chi connectivity index (χ0v) is 11.5. The van der Waals surface area contributed by atoms with Crippen molar-refractivity contribution in [2.45, 2.75) is 33.9 Å². The molecule has 0 radical (unpaired) electrons. The Kier molecular flexibility index (Phi) is 3.69. The van der Waals surface area contributed by atoms with Crippen LogP contribution in [-0.4, -0.2) is 19.6 Å². The van der Waals surface area contributed by atoms with Crippen molar-refractivity contribution in [3.63, 3.8) is 0 Å². The second-order valence-electron chi connectivity index (χ2n) is 5.08. The average molecular weight is 247 g/mol. The summed E-state index contributed by atoms with van der Waals surface area (Å²) in [7, 11) is 1.93. The first-order chi connectivity index (χ1) is 8.54. The summed E-state index contributed by atoms with van der Waals surface area (Å²) in [4.78, 5) is 0. The minimum absolute atomic E-state index is 0.605. The van der Waals surface area contributed by atoms with Crippen LogP contribution in [0, 0.1) is 12.8 Å². The third-order valence-corrected chi connectivity index (χ3v) is 2.73. The lowest BCUT2D eigenvalue weighted by atomic mass is 10.2. The van der Waals surface area contributed by atoms with Gasteiger partial charge in [0.15, 0.2) is 0 Å². The highest BCUT2D eigenvalue weighted by Crippen LogP contribution is 2.14. The normalized spacial score (nSPS) is 11.2. The van der Waals surface area contributed by atoms with E-state index in [2.05, 4.69) is 35.6 Å². The Labute approximate surface area is 108 Å². The first kappa shape index (κ1) is 12.7. The SMILES string of the molecule is Cc1nn(CC(C)C)cc1NCc1ccn(C)n1. The van der Waals surface area contributed by atoms with Gasteiger partial charge in [-0.25, -0.2) is 0 Å². The van der Waals surface area contributed by atoms with Crippen LogP contribution in [0.3, 0.4) is 0 Å². The maximum atomic E-state index is 4.50. The summed E-state index contributed by atoms with van der Waals surface area (Å²) >= 11 is 0. The fourth-order valence-electron chi connectivity index (χ4n) is 1.90. The quantitative estimate of drug-likeness (QED) is 0.881. The van der Waals surface area contributed by atoms with Gasteiger partial charge in [0, 0.05) is 26.0 Å². The minimum Gasteiger partial charge on any atom is -0.377 e. The zero-order chi connectivity index (χ0) is 13.1. The molecule has 0 aliphatic carbocycles. The molecule has 0 unspecified atom stereocenters. The monoisotopic (exact) mass is 247 g/mol. The van der Waals surface area contributed by atoms with E-state index < -0.39 is 0 Å². The molecular formula is C13H21N5. The van der Waals surface area contributed by atoms with Crippen LogP contribution in [0.25, 0.3) is 0 Å². The number of aromatic nitrogens is 4. The number of rotatable bonds is 5. The molecule has 0 saturated carbocycles. The van der Waals surface area contributed by atoms with Gasteiger partial charge in [-0.2, -0.15) is 10.2 Å². The smallest absolute Gasteiger partial charge is 0.0825 e. The van der Waals surface area contributed by atoms with Crippen LogP contribution in [0.5, 0.6) is 0 Å². The number of nitrogens with one attached hydrogen (secondary N) is 1. The summed E-state index contributed by atoms with van der Waals surface area (Å²) in [6.07, 6.45) is 4.02. The Bertz CT molecular complexity index is 509. The highest BCUT2D eigenvalue weighted by atomic mass is 15.3. The molecule has 2 aromatic heterocycles. The Balaban J connectivity index is 1.98. The van der Waals surface area contributed by atoms with Gasteiger partial charge in [0.25, 0.3) is 0 Å². The fraction of sp³-hybridized carbons (Fsp3) is 0.538. The topological polar surface area (TPSA) is 47.7 Å². The van der Waals surface area contributed by atoms with Crippen molar-refractivity contribution in [3.05, 3.63) is 29.8 Å². The number of anilines is 1. The highest BCUT2D eigenvalue weighted by molar-refractivity contribution is 5.45. The summed E-state index contributed by atoms with van der Waals surface area (Å²) in [6, 6.07) is 2.01. The van der Waals surface area contributed by atoms with Gasteiger partial charge < -0.3 is 5.32 Å². The van der Waals surface area contributed by atoms with Gasteiger partial charge in [-0.3, -0.25) is 9.36 Å². The van der Waals surface area contributed by atoms with Crippen molar-refractivity contribution in [2.24, 2.45) is 13.0 Å². The predicted octanol–water partition coefficient (Wildman–Crippen LogP) is 2.19. The Morgan fingerprint density at radius 2 is 2.11 bits per heavy atom. The van der Waals surface area contributed by atoms with Crippen LogP contribution in [0.2, 0.25) is 0 Å². The fourth-order valence-corrected chi connectivity index (χ4v) is 1.90. The van der Waals surface area contributed by atoms with Crippen molar-refractivity contribution < 1.29 is 0 Å². The minimum atomic E-state index is 0.605. The molecule has 1 N–H and O–H groups in total. The Morgan fingerprint density at radius 1 is 1.33 bits per heavy atom. The van der Waals surface area contributed by atoms with E-state index in [0.29, 0.717) is 5.92 Å². The van der Waals surface area contributed by atoms with Gasteiger partial charge in [-0.1, -0.05) is 13.8 Å². The standard InChI is InChI=1S/C13H21N5/c1-10(2)8-18-9-13(11(3)15-18)14-7-12-5-6-17(4)16-12/h5-6,9-10,14H,7-8H2,1-4H3. The van der Waals surface area contributed by atoms with Crippen LogP contribution in [-0.2, 0) is 20.1 Å². The number of hydrogen-bond acceptors (Lipinski definition) is 3. The van der Waals surface area contributed by atoms with E-state index in [1.807, 2.05) is 35.6 Å². The molecule has 0 atom stereocenters. The third kappa shape index (κ3) is 3.12. The molecule has 0 fully saturated rings. The first-order valence-electron chi connectivity index (χ1n) is 6.31. The zero-order valence-electron chi connectivity index (χ0n) is 11.5. The molecule has 0 saturated heterocycles. The van der Waals surface area contributed by atoms with Crippen LogP contribution < -0.4 is 5.32 Å². The first-order valence-corrected chi connectivity index (χ1v) is 6.31. The van der Waals surface area contributed by atoms with Gasteiger partial charge in [-0.15, -0.1) is 0 Å². The van der Waals surface area contributed by atoms with E-state index in [0.717, 1.165) is 30.2 Å². The molecule has 0 aliphatic heterocycles. The van der Waals surface area contributed by atoms with E-state index in [-0.39, 0.29) is 0 Å². The van der Waals surface area contributed by atoms with Crippen molar-refractivity contribution in [1.29, 1.82) is 0 Å². The van der Waals surface area contributed by atoms with Crippen LogP contribution in [0.15, 0.2) is 18.5 Å². The number of aryl methyl sites for hydroxylation is 2. The van der Waals surface area contributed by atoms with Crippen molar-refractivity contribution in [2.75, 3.05) is 5.32 Å². The lowest BCUT2D eigenvalue weighted by molar-refractivity contribution is 0.481. The van der Waals surface area contributed by atoms with Gasteiger partial charge in [0.05, 0.1) is 23.6 Å². The van der Waals surface area contributed by atoms with Gasteiger partial charge in [0.1, 0.15) is 0 Å². The molecule has 0 bridgehead atoms. The molecule has 5 heteroatoms. The molecule has 2 aromatic rings. The maximum absolute atomic E-state index is 4.50. The molecule has 0 amide bonds. The highest BCUT2D eigenvalue weighted by Gasteiger charge is 2.06. The maximum Gasteiger partial charge on any atom is 0.0825 e. The summed E-state index contributed by atoms with van der Waals surface area (Å²) in [5, 5.41) is 12.2. The lowest BCUT2D eigenvalue weighted by Gasteiger charge is -2.03. The van der Waals surface area contributed by atoms with Crippen molar-refractivity contribution >= 4 is 5.69 Å². The molecule has 2 heterocycles. The molecular weight excluding hydrogens is 226 g/mol. The number of nitrogens with zero attached hydrogens (tertiary/aromatic N) is 4. The second kappa shape index (κ2) is 5.25. The molecule has 0 spiro atoms. The van der Waals surface area contributed by atoms with Gasteiger partial charge in [-0.05, 0) is 18.9 Å². The predicted molar refractivity (Wildman–Crippen MR) is 72.3 cm³/mol. The molecule has 2 rings (SSSR count). The van der Waals surface area contributed by atoms with Crippen LogP contribution in [0.1, 0.15) is 25.2 Å². The lowest BCUT2D eigenvalue weighted by Crippen LogP contribution is -2.04. The third-order valence-electron chi connectivity index (χ3n) is 2.73. The van der Waals surface area contributed by atoms with E-state index in [1.165, 1.54) is 0 Å². The van der Waals surface area contributed by atoms with Crippen LogP contribution >= 0.6 is 0 Å². The Hall–Kier alpha value is -1.78. The molecule has 98 valence electrons. The molecule has 0 aliphatic rings. The summed E-state index contributed by atoms with van der Waals surface area (Å²) in [5.41, 5.74) is 3.15. The average Bonchev–Trinajstić information content (AvgIpc) is 2.82. The van der Waals surface area contributed by atoms with E-state index in [9.17, 15) is 0 Å². The van der Waals surface area contributed by atoms with E-state index >= 15 is 0 Å². The van der Waals surface area contributed by atoms with Crippen molar-refractivity contribution in [1.82, 2.24) is 19.6 Å². The van der Waals surface area contributed by atoms with Gasteiger partial charge >= 0.3 is 0 Å². The van der Waals surface area contributed by atoms with E-state index in [1.54, 1.807) is 0 Å². The summed E-state index contributed by atoms with van der Waals surface area (Å²) in [6.45, 7) is 8.09. The molecule has 0 aromatic carbocycles. The molecule has 18 heavy (non-hydrogen) atoms. The Morgan fingerprint density at radius 3 is 2.72 bits per heavy atom. The van der Waals surface area contributed by atoms with Gasteiger partial charge in [0.2, 0.25) is 0 Å². The number of hydrogen-bond donors (Lipinski definition) is 1. The largest absolute Gasteiger partial charge is 0.377 e. The van der Waals surface area contributed by atoms with Crippen LogP contribution in [0.4, 0.5) is 5.69 Å². The second-order valence-corrected chi connectivity index (χ2v) is 5.08. The molecule has 5 nitrogen and oxygen atoms in total.